The maximum Gasteiger partial charge on any atom is 0.251 e. The summed E-state index contributed by atoms with van der Waals surface area (Å²) in [5.74, 6) is -0.236. The molecule has 1 saturated heterocycles. The highest BCUT2D eigenvalue weighted by Crippen LogP contribution is 2.18. The van der Waals surface area contributed by atoms with Crippen LogP contribution < -0.4 is 10.6 Å². The summed E-state index contributed by atoms with van der Waals surface area (Å²) < 4.78 is 26.5. The molecule has 0 aliphatic carbocycles. The van der Waals surface area contributed by atoms with Gasteiger partial charge in [-0.2, -0.15) is 4.31 Å². The molecule has 0 aromatic heterocycles. The average molecular weight is 353 g/mol. The first-order chi connectivity index (χ1) is 11.2. The van der Waals surface area contributed by atoms with E-state index in [1.165, 1.54) is 16.4 Å². The summed E-state index contributed by atoms with van der Waals surface area (Å²) in [4.78, 5) is 12.6. The van der Waals surface area contributed by atoms with E-state index >= 15 is 0 Å². The van der Waals surface area contributed by atoms with Crippen LogP contribution in [0.2, 0.25) is 0 Å². The van der Waals surface area contributed by atoms with E-state index in [1.807, 2.05) is 20.8 Å². The second-order valence-electron chi connectivity index (χ2n) is 6.61. The Balaban J connectivity index is 2.19. The SMILES string of the molecule is CC1NCCCC1NC(=O)c1cccc(S(=O)(=O)N(C)C(C)C)c1. The molecule has 7 heteroatoms. The predicted octanol–water partition coefficient (Wildman–Crippen LogP) is 1.59. The molecule has 24 heavy (non-hydrogen) atoms. The third-order valence-electron chi connectivity index (χ3n) is 4.58. The van der Waals surface area contributed by atoms with Crippen molar-refractivity contribution < 1.29 is 13.2 Å². The summed E-state index contributed by atoms with van der Waals surface area (Å²) >= 11 is 0. The lowest BCUT2D eigenvalue weighted by Crippen LogP contribution is -2.51. The zero-order valence-corrected chi connectivity index (χ0v) is 15.6. The Morgan fingerprint density at radius 2 is 2.08 bits per heavy atom. The number of rotatable bonds is 5. The highest BCUT2D eigenvalue weighted by Gasteiger charge is 2.26. The minimum atomic E-state index is -3.60. The van der Waals surface area contributed by atoms with Crippen LogP contribution >= 0.6 is 0 Å². The number of amides is 1. The van der Waals surface area contributed by atoms with Gasteiger partial charge in [-0.25, -0.2) is 8.42 Å². The van der Waals surface area contributed by atoms with Crippen molar-refractivity contribution in [2.75, 3.05) is 13.6 Å². The predicted molar refractivity (Wildman–Crippen MR) is 94.5 cm³/mol. The summed E-state index contributed by atoms with van der Waals surface area (Å²) in [6.45, 7) is 6.63. The van der Waals surface area contributed by atoms with Crippen molar-refractivity contribution in [1.82, 2.24) is 14.9 Å². The summed E-state index contributed by atoms with van der Waals surface area (Å²) in [5, 5.41) is 6.34. The minimum absolute atomic E-state index is 0.0600. The van der Waals surface area contributed by atoms with Crippen LogP contribution in [0.4, 0.5) is 0 Å². The number of hydrogen-bond donors (Lipinski definition) is 2. The molecule has 6 nitrogen and oxygen atoms in total. The Hall–Kier alpha value is -1.44. The van der Waals surface area contributed by atoms with Crippen LogP contribution in [0.3, 0.4) is 0 Å². The highest BCUT2D eigenvalue weighted by atomic mass is 32.2. The quantitative estimate of drug-likeness (QED) is 0.842. The fraction of sp³-hybridized carbons (Fsp3) is 0.588. The van der Waals surface area contributed by atoms with E-state index in [0.29, 0.717) is 5.56 Å². The van der Waals surface area contributed by atoms with Crippen molar-refractivity contribution in [3.05, 3.63) is 29.8 Å². The molecule has 1 fully saturated rings. The lowest BCUT2D eigenvalue weighted by molar-refractivity contribution is 0.0919. The molecule has 134 valence electrons. The Kier molecular flexibility index (Phi) is 6.01. The number of carbonyl (C=O) groups excluding carboxylic acids is 1. The van der Waals surface area contributed by atoms with Gasteiger partial charge in [-0.1, -0.05) is 6.07 Å². The summed E-state index contributed by atoms with van der Waals surface area (Å²) in [5.41, 5.74) is 0.367. The fourth-order valence-corrected chi connectivity index (χ4v) is 4.15. The van der Waals surface area contributed by atoms with Gasteiger partial charge < -0.3 is 10.6 Å². The van der Waals surface area contributed by atoms with Crippen molar-refractivity contribution in [3.8, 4) is 0 Å². The van der Waals surface area contributed by atoms with Crippen LogP contribution in [0.1, 0.15) is 44.0 Å². The van der Waals surface area contributed by atoms with Gasteiger partial charge in [0, 0.05) is 30.7 Å². The third kappa shape index (κ3) is 4.15. The number of hydrogen-bond acceptors (Lipinski definition) is 4. The molecule has 1 aliphatic heterocycles. The largest absolute Gasteiger partial charge is 0.348 e. The van der Waals surface area contributed by atoms with Gasteiger partial charge in [0.1, 0.15) is 0 Å². The number of piperidine rings is 1. The van der Waals surface area contributed by atoms with Gasteiger partial charge in [0.05, 0.1) is 4.90 Å². The van der Waals surface area contributed by atoms with E-state index in [0.717, 1.165) is 19.4 Å². The van der Waals surface area contributed by atoms with Crippen LogP contribution in [-0.4, -0.2) is 50.3 Å². The molecular weight excluding hydrogens is 326 g/mol. The average Bonchev–Trinajstić information content (AvgIpc) is 2.56. The van der Waals surface area contributed by atoms with Crippen LogP contribution in [0, 0.1) is 0 Å². The second-order valence-corrected chi connectivity index (χ2v) is 8.61. The number of nitrogens with zero attached hydrogens (tertiary/aromatic N) is 1. The fourth-order valence-electron chi connectivity index (χ4n) is 2.73. The van der Waals surface area contributed by atoms with E-state index in [-0.39, 0.29) is 28.9 Å². The van der Waals surface area contributed by atoms with Crippen molar-refractivity contribution in [2.24, 2.45) is 0 Å². The van der Waals surface area contributed by atoms with Crippen molar-refractivity contribution >= 4 is 15.9 Å². The van der Waals surface area contributed by atoms with Crippen LogP contribution in [0.5, 0.6) is 0 Å². The Morgan fingerprint density at radius 3 is 2.71 bits per heavy atom. The Morgan fingerprint density at radius 1 is 1.38 bits per heavy atom. The zero-order valence-electron chi connectivity index (χ0n) is 14.7. The minimum Gasteiger partial charge on any atom is -0.348 e. The van der Waals surface area contributed by atoms with Gasteiger partial charge in [-0.05, 0) is 58.4 Å². The molecule has 2 unspecified atom stereocenters. The van der Waals surface area contributed by atoms with Gasteiger partial charge in [0.2, 0.25) is 10.0 Å². The summed E-state index contributed by atoms with van der Waals surface area (Å²) in [7, 11) is -2.05. The number of carbonyl (C=O) groups is 1. The molecule has 2 N–H and O–H groups in total. The molecular formula is C17H27N3O3S. The summed E-state index contributed by atoms with van der Waals surface area (Å²) in [6, 6.07) is 6.34. The smallest absolute Gasteiger partial charge is 0.251 e. The molecule has 0 saturated carbocycles. The summed E-state index contributed by atoms with van der Waals surface area (Å²) in [6.07, 6.45) is 1.94. The number of nitrogens with one attached hydrogen (secondary N) is 2. The van der Waals surface area contributed by atoms with Gasteiger partial charge in [0.25, 0.3) is 5.91 Å². The Labute approximate surface area is 144 Å². The van der Waals surface area contributed by atoms with Gasteiger partial charge >= 0.3 is 0 Å². The highest BCUT2D eigenvalue weighted by molar-refractivity contribution is 7.89. The van der Waals surface area contributed by atoms with E-state index in [4.69, 9.17) is 0 Å². The van der Waals surface area contributed by atoms with Crippen molar-refractivity contribution in [3.63, 3.8) is 0 Å². The first-order valence-electron chi connectivity index (χ1n) is 8.36. The molecule has 1 amide bonds. The molecule has 1 aromatic carbocycles. The number of benzene rings is 1. The van der Waals surface area contributed by atoms with Gasteiger partial charge in [-0.3, -0.25) is 4.79 Å². The molecule has 0 radical (unpaired) electrons. The first-order valence-corrected chi connectivity index (χ1v) is 9.80. The van der Waals surface area contributed by atoms with E-state index in [9.17, 15) is 13.2 Å². The molecule has 0 spiro atoms. The van der Waals surface area contributed by atoms with Crippen LogP contribution in [-0.2, 0) is 10.0 Å². The van der Waals surface area contributed by atoms with E-state index < -0.39 is 10.0 Å². The molecule has 1 heterocycles. The molecule has 0 bridgehead atoms. The lowest BCUT2D eigenvalue weighted by Gasteiger charge is -2.30. The third-order valence-corrected chi connectivity index (χ3v) is 6.61. The number of sulfonamides is 1. The van der Waals surface area contributed by atoms with E-state index in [2.05, 4.69) is 10.6 Å². The maximum absolute atomic E-state index is 12.6. The topological polar surface area (TPSA) is 78.5 Å². The van der Waals surface area contributed by atoms with Gasteiger partial charge in [0.15, 0.2) is 0 Å². The van der Waals surface area contributed by atoms with Crippen LogP contribution in [0.15, 0.2) is 29.2 Å². The first kappa shape index (κ1) is 18.9. The molecule has 2 rings (SSSR count). The molecule has 1 aromatic rings. The standard InChI is InChI=1S/C17H27N3O3S/c1-12(2)20(4)24(22,23)15-8-5-7-14(11-15)17(21)19-16-9-6-10-18-13(16)3/h5,7-8,11-13,16,18H,6,9-10H2,1-4H3,(H,19,21). The second kappa shape index (κ2) is 7.63. The maximum atomic E-state index is 12.6. The van der Waals surface area contributed by atoms with Gasteiger partial charge in [-0.15, -0.1) is 0 Å². The van der Waals surface area contributed by atoms with E-state index in [1.54, 1.807) is 19.2 Å². The molecule has 1 aliphatic rings. The van der Waals surface area contributed by atoms with Crippen molar-refractivity contribution in [2.45, 2.75) is 56.6 Å². The Bertz CT molecular complexity index is 688. The van der Waals surface area contributed by atoms with Crippen LogP contribution in [0.25, 0.3) is 0 Å². The lowest BCUT2D eigenvalue weighted by atomic mass is 9.99. The monoisotopic (exact) mass is 353 g/mol. The zero-order chi connectivity index (χ0) is 17.9. The molecule has 2 atom stereocenters. The van der Waals surface area contributed by atoms with Crippen molar-refractivity contribution in [1.29, 1.82) is 0 Å². The normalized spacial score (nSPS) is 21.9.